The molecule has 2 aliphatic rings. The molecule has 6 heteroatoms. The third-order valence-electron chi connectivity index (χ3n) is 6.04. The molecule has 3 aromatic rings. The van der Waals surface area contributed by atoms with Crippen molar-refractivity contribution in [3.63, 3.8) is 0 Å². The number of ether oxygens (including phenoxy) is 1. The maximum Gasteiger partial charge on any atom is 0.206 e. The second-order valence-electron chi connectivity index (χ2n) is 8.33. The summed E-state index contributed by atoms with van der Waals surface area (Å²) in [4.78, 5) is 0.469. The molecule has 1 aliphatic heterocycles. The van der Waals surface area contributed by atoms with Crippen LogP contribution < -0.4 is 10.1 Å². The summed E-state index contributed by atoms with van der Waals surface area (Å²) in [5, 5.41) is 4.65. The summed E-state index contributed by atoms with van der Waals surface area (Å²) >= 11 is 0. The van der Waals surface area contributed by atoms with Gasteiger partial charge in [0, 0.05) is 23.6 Å². The normalized spacial score (nSPS) is 18.0. The van der Waals surface area contributed by atoms with Crippen molar-refractivity contribution in [2.24, 2.45) is 0 Å². The predicted molar refractivity (Wildman–Crippen MR) is 111 cm³/mol. The van der Waals surface area contributed by atoms with E-state index in [-0.39, 0.29) is 21.4 Å². The van der Waals surface area contributed by atoms with E-state index in [4.69, 9.17) is 9.15 Å². The number of benzene rings is 2. The van der Waals surface area contributed by atoms with Crippen molar-refractivity contribution in [1.29, 1.82) is 0 Å². The number of fused-ring (bicyclic) bond motifs is 4. The molecular formula is C23H25NO4S. The Bertz CT molecular complexity index is 1190. The molecule has 2 heterocycles. The van der Waals surface area contributed by atoms with Crippen LogP contribution in [0.2, 0.25) is 0 Å². The van der Waals surface area contributed by atoms with Gasteiger partial charge in [0.25, 0.3) is 0 Å². The fourth-order valence-electron chi connectivity index (χ4n) is 4.50. The van der Waals surface area contributed by atoms with Crippen LogP contribution in [0.25, 0.3) is 11.0 Å². The highest BCUT2D eigenvalue weighted by atomic mass is 32.2. The number of furan rings is 1. The highest BCUT2D eigenvalue weighted by Gasteiger charge is 2.45. The van der Waals surface area contributed by atoms with E-state index in [1.54, 1.807) is 36.4 Å². The van der Waals surface area contributed by atoms with Crippen molar-refractivity contribution >= 4 is 20.8 Å². The summed E-state index contributed by atoms with van der Waals surface area (Å²) in [5.41, 5.74) is 1.84. The van der Waals surface area contributed by atoms with Crippen LogP contribution >= 0.6 is 0 Å². The van der Waals surface area contributed by atoms with Crippen molar-refractivity contribution in [1.82, 2.24) is 5.32 Å². The molecule has 0 amide bonds. The van der Waals surface area contributed by atoms with Crippen LogP contribution in [0.3, 0.4) is 0 Å². The van der Waals surface area contributed by atoms with Gasteiger partial charge in [-0.15, -0.1) is 0 Å². The SMILES string of the molecule is CC(C)Oc1cccc(S(=O)(=O)c2ccc3c4c(oc3c2)C2(CCC2)NCC4)c1. The van der Waals surface area contributed by atoms with Gasteiger partial charge in [-0.1, -0.05) is 6.07 Å². The van der Waals surface area contributed by atoms with E-state index in [0.717, 1.165) is 37.0 Å². The van der Waals surface area contributed by atoms with E-state index in [1.807, 2.05) is 19.9 Å². The van der Waals surface area contributed by atoms with Crippen molar-refractivity contribution in [2.75, 3.05) is 6.54 Å². The Balaban J connectivity index is 1.57. The number of hydrogen-bond donors (Lipinski definition) is 1. The lowest BCUT2D eigenvalue weighted by Gasteiger charge is -2.44. The van der Waals surface area contributed by atoms with E-state index < -0.39 is 9.84 Å². The summed E-state index contributed by atoms with van der Waals surface area (Å²) in [7, 11) is -3.67. The van der Waals surface area contributed by atoms with Crippen molar-refractivity contribution in [3.8, 4) is 5.75 Å². The van der Waals surface area contributed by atoms with Crippen molar-refractivity contribution in [3.05, 3.63) is 53.8 Å². The Morgan fingerprint density at radius 2 is 1.90 bits per heavy atom. The minimum Gasteiger partial charge on any atom is -0.491 e. The Morgan fingerprint density at radius 1 is 1.10 bits per heavy atom. The molecule has 29 heavy (non-hydrogen) atoms. The molecule has 0 radical (unpaired) electrons. The summed E-state index contributed by atoms with van der Waals surface area (Å²) in [5.74, 6) is 1.56. The van der Waals surface area contributed by atoms with E-state index >= 15 is 0 Å². The lowest BCUT2D eigenvalue weighted by atomic mass is 9.71. The monoisotopic (exact) mass is 411 g/mol. The van der Waals surface area contributed by atoms with Crippen molar-refractivity contribution < 1.29 is 17.6 Å². The van der Waals surface area contributed by atoms with Crippen LogP contribution in [0.15, 0.2) is 56.7 Å². The van der Waals surface area contributed by atoms with Gasteiger partial charge in [-0.05, 0) is 69.9 Å². The van der Waals surface area contributed by atoms with Crippen LogP contribution in [0.1, 0.15) is 44.4 Å². The van der Waals surface area contributed by atoms with Crippen LogP contribution in [0.5, 0.6) is 5.75 Å². The van der Waals surface area contributed by atoms with Crippen LogP contribution in [-0.4, -0.2) is 21.1 Å². The Hall–Kier alpha value is -2.31. The Labute approximate surface area is 171 Å². The van der Waals surface area contributed by atoms with E-state index in [9.17, 15) is 8.42 Å². The number of nitrogens with one attached hydrogen (secondary N) is 1. The fourth-order valence-corrected chi connectivity index (χ4v) is 5.81. The summed E-state index contributed by atoms with van der Waals surface area (Å²) in [6, 6.07) is 11.9. The molecule has 1 aliphatic carbocycles. The molecular weight excluding hydrogens is 386 g/mol. The molecule has 5 rings (SSSR count). The fraction of sp³-hybridized carbons (Fsp3) is 0.391. The third kappa shape index (κ3) is 2.97. The van der Waals surface area contributed by atoms with Gasteiger partial charge in [0.05, 0.1) is 21.4 Å². The molecule has 2 aromatic carbocycles. The van der Waals surface area contributed by atoms with E-state index in [1.165, 1.54) is 12.0 Å². The maximum absolute atomic E-state index is 13.2. The lowest BCUT2D eigenvalue weighted by molar-refractivity contribution is 0.143. The zero-order chi connectivity index (χ0) is 20.2. The van der Waals surface area contributed by atoms with E-state index in [2.05, 4.69) is 5.32 Å². The maximum atomic E-state index is 13.2. The van der Waals surface area contributed by atoms with Gasteiger partial charge >= 0.3 is 0 Å². The van der Waals surface area contributed by atoms with Crippen molar-refractivity contribution in [2.45, 2.75) is 61.0 Å². The molecule has 1 fully saturated rings. The second kappa shape index (κ2) is 6.61. The predicted octanol–water partition coefficient (Wildman–Crippen LogP) is 4.58. The first-order valence-corrected chi connectivity index (χ1v) is 11.7. The third-order valence-corrected chi connectivity index (χ3v) is 7.79. The van der Waals surface area contributed by atoms with Gasteiger partial charge < -0.3 is 14.5 Å². The highest BCUT2D eigenvalue weighted by molar-refractivity contribution is 7.91. The molecule has 1 aromatic heterocycles. The van der Waals surface area contributed by atoms with Gasteiger partial charge in [0.2, 0.25) is 9.84 Å². The molecule has 5 nitrogen and oxygen atoms in total. The number of sulfone groups is 1. The lowest BCUT2D eigenvalue weighted by Crippen LogP contribution is -2.51. The topological polar surface area (TPSA) is 68.5 Å². The molecule has 0 bridgehead atoms. The smallest absolute Gasteiger partial charge is 0.206 e. The molecule has 0 atom stereocenters. The van der Waals surface area contributed by atoms with Gasteiger partial charge in [-0.2, -0.15) is 0 Å². The second-order valence-corrected chi connectivity index (χ2v) is 10.3. The van der Waals surface area contributed by atoms with Crippen LogP contribution in [0, 0.1) is 0 Å². The largest absolute Gasteiger partial charge is 0.491 e. The van der Waals surface area contributed by atoms with Crippen LogP contribution in [-0.2, 0) is 21.8 Å². The van der Waals surface area contributed by atoms with Gasteiger partial charge in [-0.3, -0.25) is 0 Å². The Kier molecular flexibility index (Phi) is 4.26. The highest BCUT2D eigenvalue weighted by Crippen LogP contribution is 2.47. The average molecular weight is 412 g/mol. The zero-order valence-electron chi connectivity index (χ0n) is 16.7. The standard InChI is InChI=1S/C23H25NO4S/c1-15(2)27-16-5-3-6-17(13-16)29(25,26)18-7-8-19-20-9-12-24-23(10-4-11-23)22(20)28-21(19)14-18/h3,5-8,13-15,24H,4,9-12H2,1-2H3. The first kappa shape index (κ1) is 18.7. The van der Waals surface area contributed by atoms with Gasteiger partial charge in [-0.25, -0.2) is 8.42 Å². The molecule has 1 spiro atoms. The molecule has 0 saturated heterocycles. The van der Waals surface area contributed by atoms with Crippen LogP contribution in [0.4, 0.5) is 0 Å². The summed E-state index contributed by atoms with van der Waals surface area (Å²) in [6.07, 6.45) is 4.23. The molecule has 0 unspecified atom stereocenters. The molecule has 1 saturated carbocycles. The van der Waals surface area contributed by atoms with Gasteiger partial charge in [0.15, 0.2) is 0 Å². The minimum absolute atomic E-state index is 0.0221. The first-order chi connectivity index (χ1) is 13.9. The van der Waals surface area contributed by atoms with Gasteiger partial charge in [0.1, 0.15) is 17.1 Å². The quantitative estimate of drug-likeness (QED) is 0.681. The van der Waals surface area contributed by atoms with E-state index in [0.29, 0.717) is 11.3 Å². The summed E-state index contributed by atoms with van der Waals surface area (Å²) in [6.45, 7) is 4.76. The minimum atomic E-state index is -3.67. The first-order valence-electron chi connectivity index (χ1n) is 10.2. The molecule has 152 valence electrons. The Morgan fingerprint density at radius 3 is 2.62 bits per heavy atom. The average Bonchev–Trinajstić information content (AvgIpc) is 3.04. The number of hydrogen-bond acceptors (Lipinski definition) is 5. The molecule has 1 N–H and O–H groups in total. The summed E-state index contributed by atoms with van der Waals surface area (Å²) < 4.78 is 38.4. The zero-order valence-corrected chi connectivity index (χ0v) is 17.5. The number of rotatable bonds is 4.